The summed E-state index contributed by atoms with van der Waals surface area (Å²) in [5, 5.41) is 3.23. The minimum absolute atomic E-state index is 0.573. The van der Waals surface area contributed by atoms with Crippen molar-refractivity contribution < 1.29 is 0 Å². The first kappa shape index (κ1) is 9.47. The molecule has 0 saturated carbocycles. The number of hydrogen-bond acceptors (Lipinski definition) is 1. The zero-order valence-corrected chi connectivity index (χ0v) is 7.39. The van der Waals surface area contributed by atoms with Gasteiger partial charge < -0.3 is 5.32 Å². The first-order chi connectivity index (χ1) is 4.72. The Bertz CT molecular complexity index is 97.4. The summed E-state index contributed by atoms with van der Waals surface area (Å²) in [4.78, 5) is 3.87. The van der Waals surface area contributed by atoms with Gasteiger partial charge in [0.1, 0.15) is 0 Å². The van der Waals surface area contributed by atoms with Crippen LogP contribution in [0.15, 0.2) is 4.99 Å². The molecule has 60 valence electrons. The fraction of sp³-hybridized carbons (Fsp3) is 0.875. The molecule has 0 aromatic rings. The summed E-state index contributed by atoms with van der Waals surface area (Å²) in [5.74, 6) is 0.683. The van der Waals surface area contributed by atoms with Gasteiger partial charge >= 0.3 is 0 Å². The Hall–Kier alpha value is -0.530. The summed E-state index contributed by atoms with van der Waals surface area (Å²) in [6, 6.07) is 0.573. The maximum Gasteiger partial charge on any atom is 0.0822 e. The molecule has 0 saturated heterocycles. The van der Waals surface area contributed by atoms with Crippen LogP contribution in [0.2, 0.25) is 0 Å². The Morgan fingerprint density at radius 3 is 2.40 bits per heavy atom. The van der Waals surface area contributed by atoms with Crippen LogP contribution in [-0.4, -0.2) is 19.4 Å². The number of nitrogens with one attached hydrogen (secondary N) is 1. The van der Waals surface area contributed by atoms with Crippen molar-refractivity contribution in [3.8, 4) is 0 Å². The Balaban J connectivity index is 3.60. The summed E-state index contributed by atoms with van der Waals surface area (Å²) in [6.45, 7) is 6.61. The summed E-state index contributed by atoms with van der Waals surface area (Å²) < 4.78 is 0. The molecule has 0 heterocycles. The topological polar surface area (TPSA) is 24.4 Å². The highest BCUT2D eigenvalue weighted by Gasteiger charge is 2.06. The SMILES string of the molecule is CCC(N/C=N\C)C(C)C. The third-order valence-corrected chi connectivity index (χ3v) is 1.66. The molecule has 0 aromatic heterocycles. The molecule has 0 aliphatic carbocycles. The molecule has 0 fully saturated rings. The second-order valence-electron chi connectivity index (χ2n) is 2.81. The van der Waals surface area contributed by atoms with Gasteiger partial charge in [0, 0.05) is 13.1 Å². The molecule has 10 heavy (non-hydrogen) atoms. The minimum Gasteiger partial charge on any atom is -0.373 e. The predicted octanol–water partition coefficient (Wildman–Crippen LogP) is 1.67. The molecule has 0 rings (SSSR count). The van der Waals surface area contributed by atoms with Crippen LogP contribution in [0, 0.1) is 5.92 Å². The van der Waals surface area contributed by atoms with E-state index in [4.69, 9.17) is 0 Å². The van der Waals surface area contributed by atoms with Crippen molar-refractivity contribution in [1.82, 2.24) is 5.32 Å². The maximum atomic E-state index is 3.87. The molecule has 0 aromatic carbocycles. The van der Waals surface area contributed by atoms with E-state index in [1.165, 1.54) is 0 Å². The zero-order valence-electron chi connectivity index (χ0n) is 7.39. The monoisotopic (exact) mass is 142 g/mol. The molecule has 2 nitrogen and oxygen atoms in total. The van der Waals surface area contributed by atoms with Gasteiger partial charge in [0.15, 0.2) is 0 Å². The molecule has 0 radical (unpaired) electrons. The van der Waals surface area contributed by atoms with Crippen molar-refractivity contribution in [3.05, 3.63) is 0 Å². The fourth-order valence-corrected chi connectivity index (χ4v) is 0.952. The smallest absolute Gasteiger partial charge is 0.0822 e. The number of nitrogens with zero attached hydrogens (tertiary/aromatic N) is 1. The van der Waals surface area contributed by atoms with E-state index in [0.717, 1.165) is 6.42 Å². The van der Waals surface area contributed by atoms with Gasteiger partial charge in [0.25, 0.3) is 0 Å². The summed E-state index contributed by atoms with van der Waals surface area (Å²) in [7, 11) is 1.78. The molecule has 1 N–H and O–H groups in total. The molecule has 0 aliphatic rings. The standard InChI is InChI=1S/C8H18N2/c1-5-8(7(2)3)10-6-9-4/h6-8H,5H2,1-4H3,(H,9,10). The lowest BCUT2D eigenvalue weighted by Crippen LogP contribution is -2.31. The van der Waals surface area contributed by atoms with E-state index in [-0.39, 0.29) is 0 Å². The number of aliphatic imine (C=N–C) groups is 1. The highest BCUT2D eigenvalue weighted by Crippen LogP contribution is 2.03. The van der Waals surface area contributed by atoms with Crippen molar-refractivity contribution >= 4 is 6.34 Å². The molecule has 0 bridgehead atoms. The molecular formula is C8H18N2. The van der Waals surface area contributed by atoms with Gasteiger partial charge in [-0.05, 0) is 12.3 Å². The van der Waals surface area contributed by atoms with Crippen LogP contribution < -0.4 is 5.32 Å². The average molecular weight is 142 g/mol. The quantitative estimate of drug-likeness (QED) is 0.468. The van der Waals surface area contributed by atoms with Gasteiger partial charge in [-0.3, -0.25) is 4.99 Å². The van der Waals surface area contributed by atoms with E-state index in [1.807, 2.05) is 0 Å². The maximum absolute atomic E-state index is 3.87. The summed E-state index contributed by atoms with van der Waals surface area (Å²) in [6.07, 6.45) is 2.93. The summed E-state index contributed by atoms with van der Waals surface area (Å²) in [5.41, 5.74) is 0. The van der Waals surface area contributed by atoms with Crippen molar-refractivity contribution in [2.45, 2.75) is 33.2 Å². The van der Waals surface area contributed by atoms with Crippen molar-refractivity contribution in [1.29, 1.82) is 0 Å². The van der Waals surface area contributed by atoms with Crippen LogP contribution in [0.3, 0.4) is 0 Å². The highest BCUT2D eigenvalue weighted by molar-refractivity contribution is 5.54. The first-order valence-corrected chi connectivity index (χ1v) is 3.89. The molecule has 2 heteroatoms. The van der Waals surface area contributed by atoms with Crippen molar-refractivity contribution in [2.24, 2.45) is 10.9 Å². The zero-order chi connectivity index (χ0) is 7.98. The molecule has 0 aliphatic heterocycles. The van der Waals surface area contributed by atoms with Gasteiger partial charge in [0.2, 0.25) is 0 Å². The largest absolute Gasteiger partial charge is 0.373 e. The lowest BCUT2D eigenvalue weighted by atomic mass is 10.0. The van der Waals surface area contributed by atoms with Gasteiger partial charge in [-0.1, -0.05) is 20.8 Å². The number of rotatable bonds is 4. The highest BCUT2D eigenvalue weighted by atomic mass is 15.0. The Morgan fingerprint density at radius 2 is 2.10 bits per heavy atom. The third kappa shape index (κ3) is 3.49. The Labute approximate surface area is 63.7 Å². The van der Waals surface area contributed by atoms with Crippen molar-refractivity contribution in [2.75, 3.05) is 7.05 Å². The Kier molecular flexibility index (Phi) is 4.99. The van der Waals surface area contributed by atoms with Crippen LogP contribution >= 0.6 is 0 Å². The van der Waals surface area contributed by atoms with Crippen LogP contribution in [-0.2, 0) is 0 Å². The average Bonchev–Trinajstić information content (AvgIpc) is 1.89. The second-order valence-corrected chi connectivity index (χ2v) is 2.81. The lowest BCUT2D eigenvalue weighted by molar-refractivity contribution is 0.445. The fourth-order valence-electron chi connectivity index (χ4n) is 0.952. The second kappa shape index (κ2) is 5.27. The van der Waals surface area contributed by atoms with E-state index in [1.54, 1.807) is 13.4 Å². The van der Waals surface area contributed by atoms with E-state index >= 15 is 0 Å². The first-order valence-electron chi connectivity index (χ1n) is 3.89. The van der Waals surface area contributed by atoms with Gasteiger partial charge in [0.05, 0.1) is 6.34 Å². The van der Waals surface area contributed by atoms with E-state index in [0.29, 0.717) is 12.0 Å². The van der Waals surface area contributed by atoms with Gasteiger partial charge in [-0.15, -0.1) is 0 Å². The number of hydrogen-bond donors (Lipinski definition) is 1. The van der Waals surface area contributed by atoms with Gasteiger partial charge in [-0.25, -0.2) is 0 Å². The predicted molar refractivity (Wildman–Crippen MR) is 46.5 cm³/mol. The molecule has 0 amide bonds. The van der Waals surface area contributed by atoms with Crippen molar-refractivity contribution in [3.63, 3.8) is 0 Å². The van der Waals surface area contributed by atoms with E-state index < -0.39 is 0 Å². The summed E-state index contributed by atoms with van der Waals surface area (Å²) >= 11 is 0. The molecule has 0 spiro atoms. The molecular weight excluding hydrogens is 124 g/mol. The lowest BCUT2D eigenvalue weighted by Gasteiger charge is -2.18. The van der Waals surface area contributed by atoms with Crippen LogP contribution in [0.4, 0.5) is 0 Å². The van der Waals surface area contributed by atoms with E-state index in [2.05, 4.69) is 31.1 Å². The van der Waals surface area contributed by atoms with Crippen LogP contribution in [0.25, 0.3) is 0 Å². The Morgan fingerprint density at radius 1 is 1.50 bits per heavy atom. The van der Waals surface area contributed by atoms with Gasteiger partial charge in [-0.2, -0.15) is 0 Å². The molecule has 1 atom stereocenters. The normalized spacial score (nSPS) is 14.5. The van der Waals surface area contributed by atoms with Crippen LogP contribution in [0.1, 0.15) is 27.2 Å². The van der Waals surface area contributed by atoms with Crippen LogP contribution in [0.5, 0.6) is 0 Å². The minimum atomic E-state index is 0.573. The third-order valence-electron chi connectivity index (χ3n) is 1.66. The van der Waals surface area contributed by atoms with E-state index in [9.17, 15) is 0 Å². The molecule has 1 unspecified atom stereocenters.